The standard InChI is InChI=1S/C17H14N4O4S/c1-10-6-16(25-21-10)18-15(22)8-26-17-5-3-12(19-20-17)11-2-4-13-14(7-11)24-9-23-13/h2-7H,8-9H2,1H3,(H,18,22). The van der Waals surface area contributed by atoms with Crippen LogP contribution < -0.4 is 14.8 Å². The van der Waals surface area contributed by atoms with Crippen LogP contribution in [0.15, 0.2) is 45.9 Å². The van der Waals surface area contributed by atoms with E-state index in [0.717, 1.165) is 11.3 Å². The Morgan fingerprint density at radius 2 is 2.04 bits per heavy atom. The SMILES string of the molecule is Cc1cc(NC(=O)CSc2ccc(-c3ccc4c(c3)OCO4)nn2)on1. The number of hydrogen-bond acceptors (Lipinski definition) is 8. The molecule has 26 heavy (non-hydrogen) atoms. The first-order valence-electron chi connectivity index (χ1n) is 7.77. The van der Waals surface area contributed by atoms with E-state index in [0.29, 0.717) is 28.0 Å². The van der Waals surface area contributed by atoms with Gasteiger partial charge in [-0.15, -0.1) is 10.2 Å². The largest absolute Gasteiger partial charge is 0.454 e. The minimum absolute atomic E-state index is 0.192. The molecule has 3 heterocycles. The van der Waals surface area contributed by atoms with Gasteiger partial charge in [-0.1, -0.05) is 16.9 Å². The average molecular weight is 370 g/mol. The summed E-state index contributed by atoms with van der Waals surface area (Å²) in [4.78, 5) is 11.9. The first kappa shape index (κ1) is 16.4. The number of hydrogen-bond donors (Lipinski definition) is 1. The summed E-state index contributed by atoms with van der Waals surface area (Å²) in [5, 5.41) is 15.4. The number of fused-ring (bicyclic) bond motifs is 1. The molecular weight excluding hydrogens is 356 g/mol. The maximum absolute atomic E-state index is 11.9. The van der Waals surface area contributed by atoms with Crippen molar-refractivity contribution < 1.29 is 18.8 Å². The molecule has 3 aromatic rings. The number of carbonyl (C=O) groups is 1. The van der Waals surface area contributed by atoms with E-state index in [1.54, 1.807) is 13.0 Å². The van der Waals surface area contributed by atoms with Gasteiger partial charge in [-0.2, -0.15) is 0 Å². The van der Waals surface area contributed by atoms with Gasteiger partial charge in [-0.3, -0.25) is 10.1 Å². The predicted molar refractivity (Wildman–Crippen MR) is 94.2 cm³/mol. The molecule has 0 bridgehead atoms. The monoisotopic (exact) mass is 370 g/mol. The molecule has 0 atom stereocenters. The van der Waals surface area contributed by atoms with Crippen molar-refractivity contribution in [2.24, 2.45) is 0 Å². The lowest BCUT2D eigenvalue weighted by Crippen LogP contribution is -2.13. The Morgan fingerprint density at radius 1 is 1.15 bits per heavy atom. The molecule has 1 aliphatic rings. The van der Waals surface area contributed by atoms with Gasteiger partial charge >= 0.3 is 0 Å². The van der Waals surface area contributed by atoms with Crippen LogP contribution in [0.5, 0.6) is 11.5 Å². The molecule has 0 unspecified atom stereocenters. The highest BCUT2D eigenvalue weighted by molar-refractivity contribution is 7.99. The number of rotatable bonds is 5. The van der Waals surface area contributed by atoms with Gasteiger partial charge < -0.3 is 14.0 Å². The van der Waals surface area contributed by atoms with Crippen molar-refractivity contribution in [1.29, 1.82) is 0 Å². The number of amides is 1. The molecule has 0 fully saturated rings. The second-order valence-corrected chi connectivity index (χ2v) is 6.49. The van der Waals surface area contributed by atoms with Crippen molar-refractivity contribution in [3.63, 3.8) is 0 Å². The van der Waals surface area contributed by atoms with E-state index in [9.17, 15) is 4.79 Å². The summed E-state index contributed by atoms with van der Waals surface area (Å²) >= 11 is 1.29. The summed E-state index contributed by atoms with van der Waals surface area (Å²) in [5.74, 6) is 1.74. The normalized spacial score (nSPS) is 12.2. The number of thioether (sulfide) groups is 1. The predicted octanol–water partition coefficient (Wildman–Crippen LogP) is 2.90. The minimum atomic E-state index is -0.201. The van der Waals surface area contributed by atoms with Crippen molar-refractivity contribution in [1.82, 2.24) is 15.4 Å². The van der Waals surface area contributed by atoms with Crippen molar-refractivity contribution in [2.75, 3.05) is 17.9 Å². The van der Waals surface area contributed by atoms with Gasteiger partial charge in [-0.05, 0) is 37.3 Å². The Hall–Kier alpha value is -3.07. The average Bonchev–Trinajstić information content (AvgIpc) is 3.28. The molecule has 1 aromatic carbocycles. The van der Waals surface area contributed by atoms with Crippen molar-refractivity contribution in [3.05, 3.63) is 42.1 Å². The first-order valence-corrected chi connectivity index (χ1v) is 8.76. The fraction of sp³-hybridized carbons (Fsp3) is 0.176. The lowest BCUT2D eigenvalue weighted by molar-refractivity contribution is -0.113. The molecular formula is C17H14N4O4S. The molecule has 0 saturated carbocycles. The zero-order chi connectivity index (χ0) is 17.9. The Morgan fingerprint density at radius 3 is 2.81 bits per heavy atom. The number of nitrogens with one attached hydrogen (secondary N) is 1. The molecule has 1 amide bonds. The van der Waals surface area contributed by atoms with Crippen LogP contribution in [0.3, 0.4) is 0 Å². The van der Waals surface area contributed by atoms with Crippen LogP contribution in [0.25, 0.3) is 11.3 Å². The van der Waals surface area contributed by atoms with E-state index in [4.69, 9.17) is 14.0 Å². The van der Waals surface area contributed by atoms with Crippen LogP contribution in [0, 0.1) is 6.92 Å². The minimum Gasteiger partial charge on any atom is -0.454 e. The molecule has 8 nitrogen and oxygen atoms in total. The van der Waals surface area contributed by atoms with Crippen LogP contribution in [-0.4, -0.2) is 33.8 Å². The zero-order valence-electron chi connectivity index (χ0n) is 13.8. The molecule has 1 aliphatic heterocycles. The molecule has 9 heteroatoms. The molecule has 1 N–H and O–H groups in total. The smallest absolute Gasteiger partial charge is 0.237 e. The van der Waals surface area contributed by atoms with E-state index >= 15 is 0 Å². The molecule has 0 radical (unpaired) electrons. The van der Waals surface area contributed by atoms with Gasteiger partial charge in [0.25, 0.3) is 0 Å². The van der Waals surface area contributed by atoms with Crippen LogP contribution in [0.4, 0.5) is 5.88 Å². The highest BCUT2D eigenvalue weighted by Crippen LogP contribution is 2.35. The number of aryl methyl sites for hydroxylation is 1. The quantitative estimate of drug-likeness (QED) is 0.685. The summed E-state index contributed by atoms with van der Waals surface area (Å²) in [7, 11) is 0. The van der Waals surface area contributed by atoms with E-state index in [2.05, 4.69) is 20.7 Å². The lowest BCUT2D eigenvalue weighted by atomic mass is 10.1. The van der Waals surface area contributed by atoms with Crippen molar-refractivity contribution >= 4 is 23.6 Å². The summed E-state index contributed by atoms with van der Waals surface area (Å²) in [6, 6.07) is 10.9. The van der Waals surface area contributed by atoms with Gasteiger partial charge in [0.05, 0.1) is 17.1 Å². The number of carbonyl (C=O) groups excluding carboxylic acids is 1. The summed E-state index contributed by atoms with van der Waals surface area (Å²) in [5.41, 5.74) is 2.31. The summed E-state index contributed by atoms with van der Waals surface area (Å²) in [6.07, 6.45) is 0. The topological polar surface area (TPSA) is 99.4 Å². The highest BCUT2D eigenvalue weighted by atomic mass is 32.2. The number of benzene rings is 1. The van der Waals surface area contributed by atoms with Crippen molar-refractivity contribution in [3.8, 4) is 22.8 Å². The number of ether oxygens (including phenoxy) is 2. The Balaban J connectivity index is 1.36. The zero-order valence-corrected chi connectivity index (χ0v) is 14.6. The fourth-order valence-corrected chi connectivity index (χ4v) is 2.96. The number of aromatic nitrogens is 3. The summed E-state index contributed by atoms with van der Waals surface area (Å²) < 4.78 is 15.6. The lowest BCUT2D eigenvalue weighted by Gasteiger charge is -2.04. The molecule has 0 saturated heterocycles. The Labute approximate surface area is 152 Å². The van der Waals surface area contributed by atoms with Crippen LogP contribution in [-0.2, 0) is 4.79 Å². The van der Waals surface area contributed by atoms with Crippen LogP contribution in [0.1, 0.15) is 5.69 Å². The van der Waals surface area contributed by atoms with Crippen molar-refractivity contribution in [2.45, 2.75) is 11.9 Å². The fourth-order valence-electron chi connectivity index (χ4n) is 2.34. The molecule has 2 aromatic heterocycles. The van der Waals surface area contributed by atoms with E-state index < -0.39 is 0 Å². The van der Waals surface area contributed by atoms with E-state index in [1.807, 2.05) is 30.3 Å². The van der Waals surface area contributed by atoms with E-state index in [-0.39, 0.29) is 18.5 Å². The highest BCUT2D eigenvalue weighted by Gasteiger charge is 2.14. The van der Waals surface area contributed by atoms with Crippen LogP contribution >= 0.6 is 11.8 Å². The summed E-state index contributed by atoms with van der Waals surface area (Å²) in [6.45, 7) is 2.01. The van der Waals surface area contributed by atoms with Gasteiger partial charge in [0, 0.05) is 11.6 Å². The molecule has 0 aliphatic carbocycles. The molecule has 4 rings (SSSR count). The first-order chi connectivity index (χ1) is 12.7. The third-order valence-corrected chi connectivity index (χ3v) is 4.47. The molecule has 0 spiro atoms. The maximum atomic E-state index is 11.9. The van der Waals surface area contributed by atoms with Crippen LogP contribution in [0.2, 0.25) is 0 Å². The van der Waals surface area contributed by atoms with Gasteiger partial charge in [0.2, 0.25) is 18.6 Å². The number of anilines is 1. The second-order valence-electron chi connectivity index (χ2n) is 5.49. The maximum Gasteiger partial charge on any atom is 0.237 e. The molecule has 132 valence electrons. The van der Waals surface area contributed by atoms with Gasteiger partial charge in [-0.25, -0.2) is 0 Å². The second kappa shape index (κ2) is 7.04. The van der Waals surface area contributed by atoms with Gasteiger partial charge in [0.1, 0.15) is 5.03 Å². The Bertz CT molecular complexity index is 942. The van der Waals surface area contributed by atoms with Gasteiger partial charge in [0.15, 0.2) is 11.5 Å². The third-order valence-electron chi connectivity index (χ3n) is 3.55. The Kier molecular flexibility index (Phi) is 4.44. The number of nitrogens with zero attached hydrogens (tertiary/aromatic N) is 3. The van der Waals surface area contributed by atoms with E-state index in [1.165, 1.54) is 11.8 Å². The third kappa shape index (κ3) is 3.62.